The number of H-pyrrole nitrogens is 1. The number of carbonyl (C=O) groups is 2. The smallest absolute Gasteiger partial charge is 0.302 e. The lowest BCUT2D eigenvalue weighted by atomic mass is 9.94. The molecule has 0 aliphatic carbocycles. The molecule has 0 bridgehead atoms. The average Bonchev–Trinajstić information content (AvgIpc) is 3.51. The van der Waals surface area contributed by atoms with Crippen LogP contribution in [0.2, 0.25) is 0 Å². The molecule has 2 N–H and O–H groups in total. The summed E-state index contributed by atoms with van der Waals surface area (Å²) in [6.07, 6.45) is 0.874. The molecule has 40 heavy (non-hydrogen) atoms. The second kappa shape index (κ2) is 11.3. The molecule has 1 aliphatic rings. The number of aromatic nitrogens is 2. The molecular weight excluding hydrogens is 504 g/mol. The molecule has 1 fully saturated rings. The fourth-order valence-electron chi connectivity index (χ4n) is 5.20. The summed E-state index contributed by atoms with van der Waals surface area (Å²) >= 11 is 0. The van der Waals surface area contributed by atoms with Crippen molar-refractivity contribution in [1.29, 1.82) is 0 Å². The van der Waals surface area contributed by atoms with Crippen molar-refractivity contribution in [2.75, 3.05) is 29.5 Å². The Morgan fingerprint density at radius 3 is 2.40 bits per heavy atom. The van der Waals surface area contributed by atoms with E-state index in [1.807, 2.05) is 62.4 Å². The van der Waals surface area contributed by atoms with Gasteiger partial charge in [-0.05, 0) is 80.8 Å². The van der Waals surface area contributed by atoms with Crippen LogP contribution < -0.4 is 14.5 Å². The summed E-state index contributed by atoms with van der Waals surface area (Å²) in [5.41, 5.74) is 4.42. The molecule has 3 aromatic carbocycles. The first-order valence-electron chi connectivity index (χ1n) is 13.7. The maximum atomic E-state index is 13.6. The minimum atomic E-state index is -0.873. The van der Waals surface area contributed by atoms with Crippen molar-refractivity contribution < 1.29 is 19.4 Å². The predicted molar refractivity (Wildman–Crippen MR) is 158 cm³/mol. The zero-order valence-electron chi connectivity index (χ0n) is 23.3. The van der Waals surface area contributed by atoms with Crippen molar-refractivity contribution in [3.8, 4) is 5.75 Å². The SMILES string of the molecule is CCCOc1ccc(/C(O)=C2\C(=O)C(=O)N(c3nc4ccccc4[nH]3)C2c2ccc(N(CC)CC)cc2)cc1C. The zero-order chi connectivity index (χ0) is 28.4. The fourth-order valence-corrected chi connectivity index (χ4v) is 5.20. The number of aliphatic hydroxyl groups excluding tert-OH is 1. The van der Waals surface area contributed by atoms with Gasteiger partial charge in [0.1, 0.15) is 11.5 Å². The fraction of sp³-hybridized carbons (Fsp3) is 0.281. The third-order valence-corrected chi connectivity index (χ3v) is 7.30. The number of Topliss-reactive ketones (excluding diaryl/α,β-unsaturated/α-hetero) is 1. The van der Waals surface area contributed by atoms with E-state index in [-0.39, 0.29) is 17.3 Å². The molecule has 8 heteroatoms. The van der Waals surface area contributed by atoms with Gasteiger partial charge >= 0.3 is 5.91 Å². The Hall–Kier alpha value is -4.59. The van der Waals surface area contributed by atoms with Gasteiger partial charge < -0.3 is 19.7 Å². The van der Waals surface area contributed by atoms with Gasteiger partial charge in [-0.3, -0.25) is 14.5 Å². The van der Waals surface area contributed by atoms with Crippen molar-refractivity contribution in [2.45, 2.75) is 40.2 Å². The Balaban J connectivity index is 1.65. The number of ether oxygens (including phenoxy) is 1. The topological polar surface area (TPSA) is 98.8 Å². The molecule has 0 saturated carbocycles. The minimum absolute atomic E-state index is 0.0164. The molecule has 8 nitrogen and oxygen atoms in total. The summed E-state index contributed by atoms with van der Waals surface area (Å²) in [7, 11) is 0. The van der Waals surface area contributed by atoms with E-state index in [1.165, 1.54) is 4.90 Å². The number of nitrogens with one attached hydrogen (secondary N) is 1. The number of anilines is 2. The van der Waals surface area contributed by atoms with E-state index in [2.05, 4.69) is 28.7 Å². The first kappa shape index (κ1) is 27.0. The third kappa shape index (κ3) is 4.81. The van der Waals surface area contributed by atoms with Crippen LogP contribution in [-0.2, 0) is 9.59 Å². The van der Waals surface area contributed by atoms with Crippen LogP contribution in [0.25, 0.3) is 16.8 Å². The van der Waals surface area contributed by atoms with E-state index < -0.39 is 17.7 Å². The zero-order valence-corrected chi connectivity index (χ0v) is 23.3. The third-order valence-electron chi connectivity index (χ3n) is 7.30. The molecule has 1 atom stereocenters. The monoisotopic (exact) mass is 538 g/mol. The summed E-state index contributed by atoms with van der Waals surface area (Å²) in [6.45, 7) is 10.4. The number of nitrogens with zero attached hydrogens (tertiary/aromatic N) is 3. The van der Waals surface area contributed by atoms with Crippen LogP contribution in [0.4, 0.5) is 11.6 Å². The molecule has 0 spiro atoms. The number of carbonyl (C=O) groups excluding carboxylic acids is 2. The number of amides is 1. The van der Waals surface area contributed by atoms with Gasteiger partial charge in [0.05, 0.1) is 29.3 Å². The Bertz CT molecular complexity index is 1550. The Kier molecular flexibility index (Phi) is 7.60. The van der Waals surface area contributed by atoms with Crippen molar-refractivity contribution in [3.05, 3.63) is 89.0 Å². The highest BCUT2D eigenvalue weighted by molar-refractivity contribution is 6.51. The Labute approximate surface area is 233 Å². The van der Waals surface area contributed by atoms with E-state index in [1.54, 1.807) is 18.2 Å². The lowest BCUT2D eigenvalue weighted by Gasteiger charge is -2.25. The number of hydrogen-bond acceptors (Lipinski definition) is 6. The number of aryl methyl sites for hydroxylation is 1. The highest BCUT2D eigenvalue weighted by Crippen LogP contribution is 2.42. The number of fused-ring (bicyclic) bond motifs is 1. The van der Waals surface area contributed by atoms with Gasteiger partial charge in [-0.1, -0.05) is 31.2 Å². The van der Waals surface area contributed by atoms with E-state index in [0.29, 0.717) is 29.0 Å². The quantitative estimate of drug-likeness (QED) is 0.151. The number of aromatic amines is 1. The number of aliphatic hydroxyl groups is 1. The first-order valence-corrected chi connectivity index (χ1v) is 13.7. The van der Waals surface area contributed by atoms with Crippen molar-refractivity contribution in [3.63, 3.8) is 0 Å². The summed E-state index contributed by atoms with van der Waals surface area (Å²) in [6, 6.07) is 19.6. The second-order valence-corrected chi connectivity index (χ2v) is 9.84. The minimum Gasteiger partial charge on any atom is -0.507 e. The van der Waals surface area contributed by atoms with Gasteiger partial charge in [-0.15, -0.1) is 0 Å². The number of hydrogen-bond donors (Lipinski definition) is 2. The Morgan fingerprint density at radius 1 is 1.02 bits per heavy atom. The summed E-state index contributed by atoms with van der Waals surface area (Å²) in [5.74, 6) is -0.790. The van der Waals surface area contributed by atoms with Crippen LogP contribution in [0, 0.1) is 6.92 Å². The van der Waals surface area contributed by atoms with Gasteiger partial charge in [0.25, 0.3) is 5.78 Å². The van der Waals surface area contributed by atoms with E-state index in [4.69, 9.17) is 4.74 Å². The van der Waals surface area contributed by atoms with Gasteiger partial charge in [-0.25, -0.2) is 4.98 Å². The molecule has 1 amide bonds. The molecule has 4 aromatic rings. The largest absolute Gasteiger partial charge is 0.507 e. The molecule has 1 aromatic heterocycles. The molecular formula is C32H34N4O4. The van der Waals surface area contributed by atoms with Gasteiger partial charge in [0, 0.05) is 24.3 Å². The van der Waals surface area contributed by atoms with Crippen LogP contribution in [-0.4, -0.2) is 46.5 Å². The van der Waals surface area contributed by atoms with Gasteiger partial charge in [0.2, 0.25) is 5.95 Å². The highest BCUT2D eigenvalue weighted by atomic mass is 16.5. The van der Waals surface area contributed by atoms with Crippen molar-refractivity contribution in [1.82, 2.24) is 9.97 Å². The number of para-hydroxylation sites is 2. The van der Waals surface area contributed by atoms with Gasteiger partial charge in [-0.2, -0.15) is 0 Å². The number of imidazole rings is 1. The van der Waals surface area contributed by atoms with Crippen LogP contribution in [0.15, 0.2) is 72.3 Å². The van der Waals surface area contributed by atoms with Crippen molar-refractivity contribution >= 4 is 40.1 Å². The highest BCUT2D eigenvalue weighted by Gasteiger charge is 2.48. The maximum absolute atomic E-state index is 13.6. The second-order valence-electron chi connectivity index (χ2n) is 9.84. The number of benzene rings is 3. The molecule has 1 aliphatic heterocycles. The number of rotatable bonds is 9. The average molecular weight is 539 g/mol. The van der Waals surface area contributed by atoms with E-state index in [9.17, 15) is 14.7 Å². The maximum Gasteiger partial charge on any atom is 0.302 e. The molecule has 1 unspecified atom stereocenters. The van der Waals surface area contributed by atoms with Crippen LogP contribution >= 0.6 is 0 Å². The molecule has 206 valence electrons. The summed E-state index contributed by atoms with van der Waals surface area (Å²) < 4.78 is 5.78. The van der Waals surface area contributed by atoms with Crippen LogP contribution in [0.3, 0.4) is 0 Å². The summed E-state index contributed by atoms with van der Waals surface area (Å²) in [4.78, 5) is 38.5. The van der Waals surface area contributed by atoms with Crippen LogP contribution in [0.5, 0.6) is 5.75 Å². The van der Waals surface area contributed by atoms with E-state index in [0.717, 1.165) is 36.3 Å². The van der Waals surface area contributed by atoms with Gasteiger partial charge in [0.15, 0.2) is 0 Å². The Morgan fingerprint density at radius 2 is 1.75 bits per heavy atom. The number of ketones is 1. The molecule has 0 radical (unpaired) electrons. The normalized spacial score (nSPS) is 16.6. The van der Waals surface area contributed by atoms with Crippen molar-refractivity contribution in [2.24, 2.45) is 0 Å². The van der Waals surface area contributed by atoms with E-state index >= 15 is 0 Å². The lowest BCUT2D eigenvalue weighted by molar-refractivity contribution is -0.132. The molecule has 5 rings (SSSR count). The standard InChI is InChI=1S/C32H34N4O4/c1-5-18-40-26-17-14-22(19-20(26)4)29(37)27-28(21-12-15-23(16-13-21)35(6-2)7-3)36(31(39)30(27)38)32-33-24-10-8-9-11-25(24)34-32/h8-17,19,28,37H,5-7,18H2,1-4H3,(H,33,34)/b29-27+. The predicted octanol–water partition coefficient (Wildman–Crippen LogP) is 6.13. The first-order chi connectivity index (χ1) is 19.4. The summed E-state index contributed by atoms with van der Waals surface area (Å²) in [5, 5.41) is 11.6. The van der Waals surface area contributed by atoms with Crippen LogP contribution in [0.1, 0.15) is 49.9 Å². The molecule has 2 heterocycles. The lowest BCUT2D eigenvalue weighted by Crippen LogP contribution is -2.30. The molecule has 1 saturated heterocycles.